The quantitative estimate of drug-likeness (QED) is 0.548. The van der Waals surface area contributed by atoms with Crippen molar-refractivity contribution in [3.05, 3.63) is 11.6 Å². The highest BCUT2D eigenvalue weighted by Crippen LogP contribution is 2.76. The molecule has 4 unspecified atom stereocenters. The zero-order valence-electron chi connectivity index (χ0n) is 13.8. The Kier molecular flexibility index (Phi) is 2.81. The lowest BCUT2D eigenvalue weighted by Crippen LogP contribution is -2.49. The van der Waals surface area contributed by atoms with Crippen LogP contribution in [-0.2, 0) is 0 Å². The van der Waals surface area contributed by atoms with Gasteiger partial charge in [0.05, 0.1) is 0 Å². The lowest BCUT2D eigenvalue weighted by Gasteiger charge is -2.56. The van der Waals surface area contributed by atoms with E-state index in [0.717, 1.165) is 17.8 Å². The molecule has 3 rings (SSSR count). The maximum atomic E-state index is 2.65. The Morgan fingerprint density at radius 1 is 1.26 bits per heavy atom. The van der Waals surface area contributed by atoms with E-state index >= 15 is 0 Å². The molecule has 0 aromatic rings. The van der Waals surface area contributed by atoms with E-state index in [0.29, 0.717) is 16.2 Å². The monoisotopic (exact) mass is 260 g/mol. The standard InChI is InChI=1S/C19H32/c1-7-13(2)15-9-10-17(3,4)19-11-8-14(12-19)18(5,6)16(15)19/h9,13-14,16H,7-8,10-12H2,1-6H3. The molecule has 0 nitrogen and oxygen atoms in total. The van der Waals surface area contributed by atoms with E-state index in [1.165, 1.54) is 32.1 Å². The van der Waals surface area contributed by atoms with E-state index < -0.39 is 0 Å². The second-order valence-corrected chi connectivity index (χ2v) is 8.95. The van der Waals surface area contributed by atoms with Crippen molar-refractivity contribution in [2.45, 2.75) is 73.6 Å². The maximum Gasteiger partial charge on any atom is -0.00846 e. The Bertz CT molecular complexity index is 412. The largest absolute Gasteiger partial charge is 0.0842 e. The molecular formula is C19H32. The predicted octanol–water partition coefficient (Wildman–Crippen LogP) is 5.83. The highest BCUT2D eigenvalue weighted by Gasteiger charge is 2.67. The highest BCUT2D eigenvalue weighted by molar-refractivity contribution is 5.30. The topological polar surface area (TPSA) is 0 Å². The molecule has 2 fully saturated rings. The van der Waals surface area contributed by atoms with Gasteiger partial charge < -0.3 is 0 Å². The molecule has 0 aromatic heterocycles. The van der Waals surface area contributed by atoms with Gasteiger partial charge in [-0.05, 0) is 66.1 Å². The van der Waals surface area contributed by atoms with Gasteiger partial charge >= 0.3 is 0 Å². The molecule has 19 heavy (non-hydrogen) atoms. The van der Waals surface area contributed by atoms with Crippen LogP contribution in [0.2, 0.25) is 0 Å². The van der Waals surface area contributed by atoms with Crippen molar-refractivity contribution in [2.24, 2.45) is 34.0 Å². The second-order valence-electron chi connectivity index (χ2n) is 8.95. The third-order valence-electron chi connectivity index (χ3n) is 7.61. The molecule has 0 heterocycles. The first kappa shape index (κ1) is 13.7. The second kappa shape index (κ2) is 3.89. The molecule has 1 spiro atoms. The van der Waals surface area contributed by atoms with Gasteiger partial charge in [0.1, 0.15) is 0 Å². The molecule has 3 aliphatic rings. The summed E-state index contributed by atoms with van der Waals surface area (Å²) in [7, 11) is 0. The molecule has 0 radical (unpaired) electrons. The summed E-state index contributed by atoms with van der Waals surface area (Å²) in [5.74, 6) is 2.62. The van der Waals surface area contributed by atoms with Crippen LogP contribution >= 0.6 is 0 Å². The smallest absolute Gasteiger partial charge is 0.00846 e. The van der Waals surface area contributed by atoms with Gasteiger partial charge in [0.2, 0.25) is 0 Å². The van der Waals surface area contributed by atoms with Gasteiger partial charge in [0.15, 0.2) is 0 Å². The van der Waals surface area contributed by atoms with Crippen molar-refractivity contribution < 1.29 is 0 Å². The zero-order chi connectivity index (χ0) is 14.1. The van der Waals surface area contributed by atoms with Gasteiger partial charge in [0.25, 0.3) is 0 Å². The normalized spacial score (nSPS) is 43.8. The SMILES string of the molecule is CCC(C)C1=CCC(C)(C)C23CCC(C2)C(C)(C)C13. The van der Waals surface area contributed by atoms with E-state index in [2.05, 4.69) is 47.6 Å². The van der Waals surface area contributed by atoms with Gasteiger partial charge in [-0.1, -0.05) is 53.2 Å². The molecule has 2 saturated carbocycles. The predicted molar refractivity (Wildman–Crippen MR) is 83.0 cm³/mol. The Morgan fingerprint density at radius 3 is 2.58 bits per heavy atom. The van der Waals surface area contributed by atoms with Gasteiger partial charge in [-0.15, -0.1) is 0 Å². The van der Waals surface area contributed by atoms with Crippen LogP contribution < -0.4 is 0 Å². The molecule has 4 atom stereocenters. The van der Waals surface area contributed by atoms with Crippen LogP contribution in [-0.4, -0.2) is 0 Å². The Morgan fingerprint density at radius 2 is 1.95 bits per heavy atom. The minimum atomic E-state index is 0.511. The lowest BCUT2D eigenvalue weighted by molar-refractivity contribution is -0.0202. The summed E-state index contributed by atoms with van der Waals surface area (Å²) in [6, 6.07) is 0. The molecule has 0 aliphatic heterocycles. The van der Waals surface area contributed by atoms with Gasteiger partial charge in [-0.25, -0.2) is 0 Å². The summed E-state index contributed by atoms with van der Waals surface area (Å²) < 4.78 is 0. The Hall–Kier alpha value is -0.260. The molecule has 3 aliphatic carbocycles. The van der Waals surface area contributed by atoms with Crippen LogP contribution in [0.25, 0.3) is 0 Å². The van der Waals surface area contributed by atoms with Gasteiger partial charge in [-0.3, -0.25) is 0 Å². The highest BCUT2D eigenvalue weighted by atomic mass is 14.7. The fourth-order valence-electron chi connectivity index (χ4n) is 6.09. The first-order valence-corrected chi connectivity index (χ1v) is 8.46. The average Bonchev–Trinajstić information content (AvgIpc) is 2.86. The van der Waals surface area contributed by atoms with Crippen LogP contribution in [0.3, 0.4) is 0 Å². The Labute approximate surface area is 120 Å². The van der Waals surface area contributed by atoms with Crippen LogP contribution in [0.15, 0.2) is 11.6 Å². The molecule has 0 aromatic carbocycles. The molecule has 0 N–H and O–H groups in total. The van der Waals surface area contributed by atoms with E-state index in [9.17, 15) is 0 Å². The lowest BCUT2D eigenvalue weighted by atomic mass is 9.48. The zero-order valence-corrected chi connectivity index (χ0v) is 13.8. The molecular weight excluding hydrogens is 228 g/mol. The number of hydrogen-bond acceptors (Lipinski definition) is 0. The van der Waals surface area contributed by atoms with E-state index in [1.807, 2.05) is 5.57 Å². The maximum absolute atomic E-state index is 2.65. The number of rotatable bonds is 2. The summed E-state index contributed by atoms with van der Waals surface area (Å²) >= 11 is 0. The molecule has 0 amide bonds. The summed E-state index contributed by atoms with van der Waals surface area (Å²) in [5, 5.41) is 0. The summed E-state index contributed by atoms with van der Waals surface area (Å²) in [6.45, 7) is 15.1. The van der Waals surface area contributed by atoms with Crippen molar-refractivity contribution in [1.82, 2.24) is 0 Å². The Balaban J connectivity index is 2.12. The van der Waals surface area contributed by atoms with Crippen molar-refractivity contribution in [3.63, 3.8) is 0 Å². The fourth-order valence-corrected chi connectivity index (χ4v) is 6.09. The van der Waals surface area contributed by atoms with Crippen molar-refractivity contribution in [3.8, 4) is 0 Å². The van der Waals surface area contributed by atoms with E-state index in [1.54, 1.807) is 0 Å². The van der Waals surface area contributed by atoms with Crippen LogP contribution in [0, 0.1) is 34.0 Å². The molecule has 0 saturated heterocycles. The van der Waals surface area contributed by atoms with Crippen LogP contribution in [0.4, 0.5) is 0 Å². The van der Waals surface area contributed by atoms with Crippen LogP contribution in [0.1, 0.15) is 73.6 Å². The van der Waals surface area contributed by atoms with Crippen molar-refractivity contribution in [2.75, 3.05) is 0 Å². The van der Waals surface area contributed by atoms with Crippen LogP contribution in [0.5, 0.6) is 0 Å². The minimum Gasteiger partial charge on any atom is -0.0842 e. The van der Waals surface area contributed by atoms with E-state index in [4.69, 9.17) is 0 Å². The summed E-state index contributed by atoms with van der Waals surface area (Å²) in [4.78, 5) is 0. The van der Waals surface area contributed by atoms with Crippen molar-refractivity contribution >= 4 is 0 Å². The third kappa shape index (κ3) is 1.52. The fraction of sp³-hybridized carbons (Fsp3) is 0.895. The van der Waals surface area contributed by atoms with Gasteiger partial charge in [0, 0.05) is 0 Å². The molecule has 0 heteroatoms. The minimum absolute atomic E-state index is 0.511. The molecule has 108 valence electrons. The number of fused-ring (bicyclic) bond motifs is 1. The van der Waals surface area contributed by atoms with Gasteiger partial charge in [-0.2, -0.15) is 0 Å². The first-order valence-electron chi connectivity index (χ1n) is 8.46. The molecule has 2 bridgehead atoms. The summed E-state index contributed by atoms with van der Waals surface area (Å²) in [5.41, 5.74) is 3.49. The first-order chi connectivity index (χ1) is 8.76. The van der Waals surface area contributed by atoms with E-state index in [-0.39, 0.29) is 0 Å². The number of hydrogen-bond donors (Lipinski definition) is 0. The van der Waals surface area contributed by atoms with Crippen molar-refractivity contribution in [1.29, 1.82) is 0 Å². The third-order valence-corrected chi connectivity index (χ3v) is 7.61. The summed E-state index contributed by atoms with van der Waals surface area (Å²) in [6.07, 6.45) is 9.75. The number of allylic oxidation sites excluding steroid dienone is 2. The average molecular weight is 260 g/mol.